The molecule has 8 heteroatoms. The highest BCUT2D eigenvalue weighted by Gasteiger charge is 2.46. The molecule has 3 aromatic carbocycles. The smallest absolute Gasteiger partial charge is 0.334 e. The molecule has 4 nitrogen and oxygen atoms in total. The van der Waals surface area contributed by atoms with E-state index < -0.39 is 5.54 Å². The van der Waals surface area contributed by atoms with Gasteiger partial charge in [0.25, 0.3) is 0 Å². The topological polar surface area (TPSA) is 32.8 Å². The van der Waals surface area contributed by atoms with Crippen LogP contribution in [0.3, 0.4) is 0 Å². The molecule has 0 atom stereocenters. The molecule has 2 amide bonds. The zero-order chi connectivity index (χ0) is 23.6. The Hall–Kier alpha value is -2.65. The molecule has 0 bridgehead atoms. The number of anilines is 3. The zero-order valence-corrected chi connectivity index (χ0v) is 22.0. The number of carbonyl (C=O) groups is 1. The van der Waals surface area contributed by atoms with Crippen LogP contribution in [0.5, 0.6) is 5.75 Å². The lowest BCUT2D eigenvalue weighted by atomic mass is 9.87. The number of rotatable bonds is 1. The fourth-order valence-electron chi connectivity index (χ4n) is 4.69. The number of ether oxygens (including phenoxy) is 1. The van der Waals surface area contributed by atoms with Crippen molar-refractivity contribution in [3.8, 4) is 16.9 Å². The molecular weight excluding hydrogens is 501 g/mol. The van der Waals surface area contributed by atoms with Crippen LogP contribution in [0.25, 0.3) is 11.1 Å². The molecule has 0 N–H and O–H groups in total. The Balaban J connectivity index is 1.59. The zero-order valence-electron chi connectivity index (χ0n) is 18.7. The van der Waals surface area contributed by atoms with Gasteiger partial charge in [0.15, 0.2) is 0 Å². The summed E-state index contributed by atoms with van der Waals surface area (Å²) in [6, 6.07) is 21.9. The van der Waals surface area contributed by atoms with Crippen LogP contribution in [0.2, 0.25) is 0 Å². The Kier molecular flexibility index (Phi) is 5.11. The van der Waals surface area contributed by atoms with E-state index in [0.29, 0.717) is 0 Å². The molecule has 3 heterocycles. The normalized spacial score (nSPS) is 15.1. The number of hydrogen-bond acceptors (Lipinski definition) is 6. The first-order valence-electron chi connectivity index (χ1n) is 10.7. The molecule has 4 aromatic rings. The van der Waals surface area contributed by atoms with Crippen LogP contribution >= 0.6 is 44.7 Å². The Bertz CT molecular complexity index is 1480. The van der Waals surface area contributed by atoms with E-state index in [-0.39, 0.29) is 6.03 Å². The molecule has 0 spiro atoms. The number of urea groups is 1. The number of carbonyl (C=O) groups excluding carboxylic acids is 1. The third kappa shape index (κ3) is 3.09. The summed E-state index contributed by atoms with van der Waals surface area (Å²) in [5.41, 5.74) is 4.03. The fourth-order valence-corrected chi connectivity index (χ4v) is 9.03. The maximum absolute atomic E-state index is 14.6. The van der Waals surface area contributed by atoms with Gasteiger partial charge in [0.1, 0.15) is 9.57 Å². The summed E-state index contributed by atoms with van der Waals surface area (Å²) in [5.74, 6) is 0.743. The highest BCUT2D eigenvalue weighted by Crippen LogP contribution is 2.55. The summed E-state index contributed by atoms with van der Waals surface area (Å²) in [4.78, 5) is 21.6. The summed E-state index contributed by atoms with van der Waals surface area (Å²) in [5, 5.41) is 0. The van der Waals surface area contributed by atoms with Crippen LogP contribution in [-0.2, 0) is 5.54 Å². The van der Waals surface area contributed by atoms with Gasteiger partial charge in [0, 0.05) is 20.9 Å². The number of amides is 2. The van der Waals surface area contributed by atoms with Gasteiger partial charge in [-0.3, -0.25) is 9.80 Å². The van der Waals surface area contributed by atoms with Gasteiger partial charge in [-0.15, -0.1) is 0 Å². The second kappa shape index (κ2) is 7.95. The van der Waals surface area contributed by atoms with E-state index in [1.165, 1.54) is 0 Å². The summed E-state index contributed by atoms with van der Waals surface area (Å²) in [7, 11) is 4.90. The molecule has 6 rings (SSSR count). The van der Waals surface area contributed by atoms with Gasteiger partial charge in [0.05, 0.1) is 34.6 Å². The summed E-state index contributed by atoms with van der Waals surface area (Å²) < 4.78 is 6.37. The lowest BCUT2D eigenvalue weighted by Gasteiger charge is -2.45. The van der Waals surface area contributed by atoms with Crippen molar-refractivity contribution in [2.45, 2.75) is 29.2 Å². The Labute approximate surface area is 214 Å². The van der Waals surface area contributed by atoms with E-state index in [4.69, 9.17) is 17.0 Å². The monoisotopic (exact) mass is 520 g/mol. The predicted molar refractivity (Wildman–Crippen MR) is 145 cm³/mol. The molecule has 34 heavy (non-hydrogen) atoms. The average Bonchev–Trinajstić information content (AvgIpc) is 3.24. The van der Waals surface area contributed by atoms with Crippen LogP contribution in [0.4, 0.5) is 21.9 Å². The maximum Gasteiger partial charge on any atom is 0.334 e. The standard InChI is InChI=1S/C26H20N2O2S4/c1-26(2)23-22(24(31)34-33-23)16-14-15(30-3)12-13-17(16)28(26)25(29)27-18-8-4-6-10-20(18)32-21-11-7-5-9-19(21)27/h4-14H,1-3H3. The summed E-state index contributed by atoms with van der Waals surface area (Å²) in [6.45, 7) is 4.21. The second-order valence-corrected chi connectivity index (χ2v) is 12.5. The van der Waals surface area contributed by atoms with Crippen LogP contribution in [-0.4, -0.2) is 13.1 Å². The van der Waals surface area contributed by atoms with Crippen molar-refractivity contribution in [2.24, 2.45) is 0 Å². The van der Waals surface area contributed by atoms with E-state index in [9.17, 15) is 4.79 Å². The van der Waals surface area contributed by atoms with E-state index >= 15 is 0 Å². The second-order valence-electron chi connectivity index (χ2n) is 8.59. The molecule has 0 fully saturated rings. The quantitative estimate of drug-likeness (QED) is 0.186. The van der Waals surface area contributed by atoms with Crippen molar-refractivity contribution in [3.05, 3.63) is 75.4 Å². The number of para-hydroxylation sites is 2. The first-order chi connectivity index (χ1) is 16.4. The van der Waals surface area contributed by atoms with Crippen molar-refractivity contribution in [1.29, 1.82) is 0 Å². The molecule has 0 unspecified atom stereocenters. The predicted octanol–water partition coefficient (Wildman–Crippen LogP) is 8.69. The molecule has 170 valence electrons. The number of hydrogen-bond donors (Lipinski definition) is 0. The van der Waals surface area contributed by atoms with Gasteiger partial charge in [-0.25, -0.2) is 4.79 Å². The molecule has 0 radical (unpaired) electrons. The summed E-state index contributed by atoms with van der Waals surface area (Å²) in [6.07, 6.45) is 0. The third-order valence-corrected chi connectivity index (χ3v) is 10.7. The number of benzene rings is 3. The van der Waals surface area contributed by atoms with E-state index in [0.717, 1.165) is 52.4 Å². The van der Waals surface area contributed by atoms with Crippen LogP contribution in [0, 0.1) is 3.82 Å². The minimum Gasteiger partial charge on any atom is -0.497 e. The largest absolute Gasteiger partial charge is 0.497 e. The van der Waals surface area contributed by atoms with Gasteiger partial charge < -0.3 is 4.74 Å². The minimum atomic E-state index is -0.583. The number of methoxy groups -OCH3 is 1. The highest BCUT2D eigenvalue weighted by molar-refractivity contribution is 7.99. The molecule has 2 aliphatic heterocycles. The Morgan fingerprint density at radius 1 is 0.912 bits per heavy atom. The molecule has 0 aliphatic carbocycles. The lowest BCUT2D eigenvalue weighted by molar-refractivity contribution is 0.247. The van der Waals surface area contributed by atoms with Crippen LogP contribution in [0.1, 0.15) is 18.7 Å². The molecule has 0 saturated carbocycles. The minimum absolute atomic E-state index is 0.0911. The molecule has 1 aromatic heterocycles. The van der Waals surface area contributed by atoms with Crippen LogP contribution in [0.15, 0.2) is 76.5 Å². The molecular formula is C26H20N2O2S4. The van der Waals surface area contributed by atoms with Crippen molar-refractivity contribution in [1.82, 2.24) is 0 Å². The van der Waals surface area contributed by atoms with Crippen LogP contribution < -0.4 is 14.5 Å². The van der Waals surface area contributed by atoms with Crippen molar-refractivity contribution >= 4 is 67.8 Å². The first-order valence-corrected chi connectivity index (χ1v) is 14.1. The lowest BCUT2D eigenvalue weighted by Crippen LogP contribution is -2.52. The Morgan fingerprint density at radius 3 is 2.21 bits per heavy atom. The van der Waals surface area contributed by atoms with E-state index in [2.05, 4.69) is 26.0 Å². The molecule has 2 aliphatic rings. The number of fused-ring (bicyclic) bond motifs is 5. The van der Waals surface area contributed by atoms with Crippen molar-refractivity contribution in [2.75, 3.05) is 16.9 Å². The van der Waals surface area contributed by atoms with Gasteiger partial charge in [-0.2, -0.15) is 0 Å². The van der Waals surface area contributed by atoms with Gasteiger partial charge in [-0.1, -0.05) is 68.9 Å². The fraction of sp³-hybridized carbons (Fsp3) is 0.154. The van der Waals surface area contributed by atoms with Crippen molar-refractivity contribution in [3.63, 3.8) is 0 Å². The van der Waals surface area contributed by atoms with Gasteiger partial charge in [0.2, 0.25) is 0 Å². The summed E-state index contributed by atoms with van der Waals surface area (Å²) >= 11 is 7.43. The van der Waals surface area contributed by atoms with E-state index in [1.807, 2.05) is 64.4 Å². The van der Waals surface area contributed by atoms with E-state index in [1.54, 1.807) is 39.6 Å². The SMILES string of the molecule is COc1ccc2c(c1)-c1c(ssc1=S)C(C)(C)N2C(=O)N1c2ccccc2Sc2ccccc21. The highest BCUT2D eigenvalue weighted by atomic mass is 32.9. The van der Waals surface area contributed by atoms with Crippen molar-refractivity contribution < 1.29 is 9.53 Å². The average molecular weight is 521 g/mol. The first kappa shape index (κ1) is 21.9. The number of nitrogens with zero attached hydrogens (tertiary/aromatic N) is 2. The third-order valence-electron chi connectivity index (χ3n) is 6.28. The Morgan fingerprint density at radius 2 is 1.56 bits per heavy atom. The van der Waals surface area contributed by atoms with Gasteiger partial charge >= 0.3 is 6.03 Å². The van der Waals surface area contributed by atoms with Gasteiger partial charge in [-0.05, 0) is 56.3 Å². The maximum atomic E-state index is 14.6. The molecule has 0 saturated heterocycles.